The van der Waals surface area contributed by atoms with Crippen LogP contribution in [0.2, 0.25) is 0 Å². The topological polar surface area (TPSA) is 26.0 Å². The first kappa shape index (κ1) is 10.5. The highest BCUT2D eigenvalue weighted by molar-refractivity contribution is 5.35. The number of allylic oxidation sites excluding steroid dienone is 3. The van der Waals surface area contributed by atoms with Gasteiger partial charge in [0.25, 0.3) is 0 Å². The molecule has 0 bridgehead atoms. The van der Waals surface area contributed by atoms with Crippen LogP contribution in [-0.2, 0) is 0 Å². The molecular weight excluding hydrogens is 165 g/mol. The zero-order valence-electron chi connectivity index (χ0n) is 8.55. The molecule has 2 N–H and O–H groups in total. The van der Waals surface area contributed by atoms with Crippen molar-refractivity contribution in [3.05, 3.63) is 23.3 Å². The Morgan fingerprint density at radius 3 is 2.62 bits per heavy atom. The van der Waals surface area contributed by atoms with Crippen LogP contribution in [-0.4, -0.2) is 12.2 Å². The Morgan fingerprint density at radius 2 is 2.15 bits per heavy atom. The van der Waals surface area contributed by atoms with Gasteiger partial charge in [-0.1, -0.05) is 18.6 Å². The Bertz CT molecular complexity index is 240. The minimum Gasteiger partial charge on any atom is -0.327 e. The molecule has 1 aliphatic rings. The Labute approximate surface area is 79.5 Å². The van der Waals surface area contributed by atoms with Crippen LogP contribution in [0.1, 0.15) is 27.2 Å². The maximum atomic E-state index is 13.5. The molecule has 0 saturated heterocycles. The van der Waals surface area contributed by atoms with Crippen LogP contribution in [0.4, 0.5) is 4.39 Å². The van der Waals surface area contributed by atoms with E-state index in [2.05, 4.69) is 0 Å². The normalized spacial score (nSPS) is 30.8. The van der Waals surface area contributed by atoms with Crippen molar-refractivity contribution in [3.8, 4) is 0 Å². The monoisotopic (exact) mass is 183 g/mol. The van der Waals surface area contributed by atoms with Crippen molar-refractivity contribution in [3.63, 3.8) is 0 Å². The van der Waals surface area contributed by atoms with Gasteiger partial charge in [0.1, 0.15) is 6.17 Å². The van der Waals surface area contributed by atoms with Crippen LogP contribution in [0.3, 0.4) is 0 Å². The smallest absolute Gasteiger partial charge is 0.127 e. The molecule has 74 valence electrons. The van der Waals surface area contributed by atoms with E-state index in [1.54, 1.807) is 6.08 Å². The molecule has 0 saturated carbocycles. The predicted molar refractivity (Wildman–Crippen MR) is 54.2 cm³/mol. The van der Waals surface area contributed by atoms with Crippen molar-refractivity contribution >= 4 is 0 Å². The van der Waals surface area contributed by atoms with Crippen molar-refractivity contribution in [2.24, 2.45) is 11.7 Å². The van der Waals surface area contributed by atoms with Crippen molar-refractivity contribution in [2.45, 2.75) is 39.4 Å². The molecule has 0 aromatic heterocycles. The zero-order valence-corrected chi connectivity index (χ0v) is 8.55. The van der Waals surface area contributed by atoms with E-state index in [0.29, 0.717) is 0 Å². The summed E-state index contributed by atoms with van der Waals surface area (Å²) >= 11 is 0. The molecule has 0 radical (unpaired) electrons. The predicted octanol–water partition coefficient (Wildman–Crippen LogP) is 2.58. The number of halogens is 1. The van der Waals surface area contributed by atoms with Crippen LogP contribution in [0, 0.1) is 5.92 Å². The Balaban J connectivity index is 2.84. The lowest BCUT2D eigenvalue weighted by Gasteiger charge is -2.25. The maximum Gasteiger partial charge on any atom is 0.127 e. The fraction of sp³-hybridized carbons (Fsp3) is 0.636. The molecule has 0 fully saturated rings. The van der Waals surface area contributed by atoms with Crippen molar-refractivity contribution in [1.82, 2.24) is 0 Å². The molecule has 0 amide bonds. The van der Waals surface area contributed by atoms with Gasteiger partial charge in [0.2, 0.25) is 0 Å². The molecule has 0 aromatic rings. The van der Waals surface area contributed by atoms with Gasteiger partial charge in [0, 0.05) is 12.0 Å². The summed E-state index contributed by atoms with van der Waals surface area (Å²) in [6.45, 7) is 5.92. The van der Waals surface area contributed by atoms with E-state index in [4.69, 9.17) is 5.73 Å². The summed E-state index contributed by atoms with van der Waals surface area (Å²) in [5, 5.41) is 0. The molecule has 0 heterocycles. The summed E-state index contributed by atoms with van der Waals surface area (Å²) in [4.78, 5) is 0. The second-order valence-electron chi connectivity index (χ2n) is 3.78. The summed E-state index contributed by atoms with van der Waals surface area (Å²) in [6, 6.07) is -0.111. The summed E-state index contributed by atoms with van der Waals surface area (Å²) in [6.07, 6.45) is 3.67. The molecule has 1 rings (SSSR count). The fourth-order valence-corrected chi connectivity index (χ4v) is 1.76. The average Bonchev–Trinajstić information content (AvgIpc) is 2.07. The van der Waals surface area contributed by atoms with Crippen LogP contribution < -0.4 is 5.73 Å². The minimum absolute atomic E-state index is 0.111. The molecule has 0 aliphatic heterocycles. The Kier molecular flexibility index (Phi) is 3.26. The first-order valence-corrected chi connectivity index (χ1v) is 4.85. The van der Waals surface area contributed by atoms with E-state index in [9.17, 15) is 4.39 Å². The maximum absolute atomic E-state index is 13.5. The van der Waals surface area contributed by atoms with Gasteiger partial charge in [-0.05, 0) is 31.9 Å². The molecule has 1 nitrogen and oxygen atoms in total. The molecule has 3 atom stereocenters. The highest BCUT2D eigenvalue weighted by atomic mass is 19.1. The zero-order chi connectivity index (χ0) is 10.0. The Morgan fingerprint density at radius 1 is 1.54 bits per heavy atom. The van der Waals surface area contributed by atoms with Gasteiger partial charge in [-0.2, -0.15) is 0 Å². The third-order valence-corrected chi connectivity index (χ3v) is 2.67. The average molecular weight is 183 g/mol. The van der Waals surface area contributed by atoms with Gasteiger partial charge < -0.3 is 5.73 Å². The van der Waals surface area contributed by atoms with Gasteiger partial charge >= 0.3 is 0 Å². The summed E-state index contributed by atoms with van der Waals surface area (Å²) in [5.41, 5.74) is 7.99. The second kappa shape index (κ2) is 4.05. The van der Waals surface area contributed by atoms with Crippen molar-refractivity contribution in [2.75, 3.05) is 0 Å². The highest BCUT2D eigenvalue weighted by Gasteiger charge is 2.25. The summed E-state index contributed by atoms with van der Waals surface area (Å²) in [7, 11) is 0. The van der Waals surface area contributed by atoms with Gasteiger partial charge in [-0.3, -0.25) is 0 Å². The molecular formula is C11H18FN. The second-order valence-corrected chi connectivity index (χ2v) is 3.78. The third kappa shape index (κ3) is 2.19. The van der Waals surface area contributed by atoms with Gasteiger partial charge in [0.05, 0.1) is 0 Å². The summed E-state index contributed by atoms with van der Waals surface area (Å²) in [5.74, 6) is -0.143. The van der Waals surface area contributed by atoms with Crippen LogP contribution in [0.25, 0.3) is 0 Å². The van der Waals surface area contributed by atoms with Crippen LogP contribution in [0.5, 0.6) is 0 Å². The molecule has 2 unspecified atom stereocenters. The van der Waals surface area contributed by atoms with Crippen LogP contribution in [0.15, 0.2) is 23.3 Å². The molecule has 0 aromatic carbocycles. The highest BCUT2D eigenvalue weighted by Crippen LogP contribution is 2.28. The molecule has 2 heteroatoms. The third-order valence-electron chi connectivity index (χ3n) is 2.67. The van der Waals surface area contributed by atoms with E-state index in [1.165, 1.54) is 5.57 Å². The Hall–Kier alpha value is -0.630. The lowest BCUT2D eigenvalue weighted by atomic mass is 9.85. The minimum atomic E-state index is -0.904. The van der Waals surface area contributed by atoms with Crippen molar-refractivity contribution < 1.29 is 4.39 Å². The van der Waals surface area contributed by atoms with E-state index < -0.39 is 6.17 Å². The lowest BCUT2D eigenvalue weighted by molar-refractivity contribution is 0.289. The lowest BCUT2D eigenvalue weighted by Crippen LogP contribution is -2.33. The molecule has 13 heavy (non-hydrogen) atoms. The first-order valence-electron chi connectivity index (χ1n) is 4.85. The van der Waals surface area contributed by atoms with Gasteiger partial charge in [-0.25, -0.2) is 4.39 Å². The summed E-state index contributed by atoms with van der Waals surface area (Å²) < 4.78 is 13.5. The number of nitrogens with two attached hydrogens (primary N) is 1. The van der Waals surface area contributed by atoms with E-state index in [1.807, 2.05) is 26.8 Å². The van der Waals surface area contributed by atoms with Crippen LogP contribution >= 0.6 is 0 Å². The molecule has 0 spiro atoms. The van der Waals surface area contributed by atoms with E-state index >= 15 is 0 Å². The SMILES string of the molecule is CCC1=C[C@@H](F)C(C(C)N)C=C1C. The largest absolute Gasteiger partial charge is 0.327 e. The van der Waals surface area contributed by atoms with E-state index in [-0.39, 0.29) is 12.0 Å². The van der Waals surface area contributed by atoms with E-state index in [0.717, 1.165) is 12.0 Å². The quantitative estimate of drug-likeness (QED) is 0.699. The van der Waals surface area contributed by atoms with Crippen molar-refractivity contribution in [1.29, 1.82) is 0 Å². The number of rotatable bonds is 2. The fourth-order valence-electron chi connectivity index (χ4n) is 1.76. The number of hydrogen-bond donors (Lipinski definition) is 1. The number of alkyl halides is 1. The van der Waals surface area contributed by atoms with Gasteiger partial charge in [0.15, 0.2) is 0 Å². The van der Waals surface area contributed by atoms with Gasteiger partial charge in [-0.15, -0.1) is 0 Å². The first-order chi connectivity index (χ1) is 6.06. The molecule has 1 aliphatic carbocycles. The number of hydrogen-bond acceptors (Lipinski definition) is 1. The standard InChI is InChI=1S/C11H18FN/c1-4-9-6-11(12)10(8(3)13)5-7(9)2/h5-6,8,10-11H,4,13H2,1-3H3/t8?,10?,11-/m1/s1.